The lowest BCUT2D eigenvalue weighted by molar-refractivity contribution is 0.883. The first-order chi connectivity index (χ1) is 6.84. The van der Waals surface area contributed by atoms with Crippen LogP contribution in [0, 0.1) is 6.92 Å². The van der Waals surface area contributed by atoms with Crippen LogP contribution in [0.15, 0.2) is 48.6 Å². The Morgan fingerprint density at radius 3 is 2.57 bits per heavy atom. The quantitative estimate of drug-likeness (QED) is 0.745. The molecule has 2 rings (SSSR count). The molecular weight excluding hydrogens is 170 g/mol. The van der Waals surface area contributed by atoms with Crippen molar-refractivity contribution in [2.45, 2.75) is 19.4 Å². The van der Waals surface area contributed by atoms with Crippen LogP contribution in [0.4, 0.5) is 5.69 Å². The predicted molar refractivity (Wildman–Crippen MR) is 61.5 cm³/mol. The van der Waals surface area contributed by atoms with Gasteiger partial charge in [0.05, 0.1) is 0 Å². The maximum absolute atomic E-state index is 3.47. The van der Waals surface area contributed by atoms with Crippen LogP contribution in [0.25, 0.3) is 0 Å². The Labute approximate surface area is 85.2 Å². The van der Waals surface area contributed by atoms with Gasteiger partial charge >= 0.3 is 0 Å². The van der Waals surface area contributed by atoms with Crippen molar-refractivity contribution in [1.29, 1.82) is 0 Å². The molecule has 72 valence electrons. The third-order valence-corrected chi connectivity index (χ3v) is 2.38. The van der Waals surface area contributed by atoms with Gasteiger partial charge in [0.25, 0.3) is 0 Å². The van der Waals surface area contributed by atoms with Crippen LogP contribution >= 0.6 is 0 Å². The molecular formula is C13H15N. The van der Waals surface area contributed by atoms with Gasteiger partial charge in [-0.2, -0.15) is 0 Å². The summed E-state index contributed by atoms with van der Waals surface area (Å²) in [6, 6.07) is 8.96. The average molecular weight is 185 g/mol. The van der Waals surface area contributed by atoms with Gasteiger partial charge < -0.3 is 5.32 Å². The summed E-state index contributed by atoms with van der Waals surface area (Å²) in [6.07, 6.45) is 9.64. The lowest BCUT2D eigenvalue weighted by atomic mass is 10.1. The van der Waals surface area contributed by atoms with Gasteiger partial charge in [0, 0.05) is 11.7 Å². The highest BCUT2D eigenvalue weighted by Gasteiger charge is 2.03. The first-order valence-electron chi connectivity index (χ1n) is 5.01. The van der Waals surface area contributed by atoms with E-state index in [1.54, 1.807) is 0 Å². The Bertz CT molecular complexity index is 346. The van der Waals surface area contributed by atoms with Gasteiger partial charge in [-0.25, -0.2) is 0 Å². The van der Waals surface area contributed by atoms with Crippen molar-refractivity contribution in [2.24, 2.45) is 0 Å². The second-order valence-electron chi connectivity index (χ2n) is 3.67. The van der Waals surface area contributed by atoms with Crippen LogP contribution in [0.3, 0.4) is 0 Å². The largest absolute Gasteiger partial charge is 0.379 e. The molecule has 1 aromatic carbocycles. The number of rotatable bonds is 2. The van der Waals surface area contributed by atoms with E-state index in [4.69, 9.17) is 0 Å². The lowest BCUT2D eigenvalue weighted by Gasteiger charge is -2.16. The van der Waals surface area contributed by atoms with E-state index in [0.29, 0.717) is 6.04 Å². The monoisotopic (exact) mass is 185 g/mol. The molecule has 1 nitrogen and oxygen atoms in total. The van der Waals surface area contributed by atoms with E-state index in [1.165, 1.54) is 11.3 Å². The molecule has 0 saturated heterocycles. The summed E-state index contributed by atoms with van der Waals surface area (Å²) in [5.74, 6) is 0. The zero-order valence-electron chi connectivity index (χ0n) is 8.40. The number of allylic oxidation sites excluding steroid dienone is 2. The standard InChI is InChI=1S/C13H15N/c1-11-7-9-13(10-8-11)14-12-5-3-2-4-6-12/h2-5,7-10,12,14H,6H2,1H3. The van der Waals surface area contributed by atoms with Crippen LogP contribution in [-0.2, 0) is 0 Å². The molecule has 1 aromatic rings. The van der Waals surface area contributed by atoms with Gasteiger partial charge in [-0.05, 0) is 25.5 Å². The van der Waals surface area contributed by atoms with E-state index in [1.807, 2.05) is 0 Å². The van der Waals surface area contributed by atoms with Gasteiger partial charge in [0.1, 0.15) is 0 Å². The third-order valence-electron chi connectivity index (χ3n) is 2.38. The van der Waals surface area contributed by atoms with Crippen LogP contribution in [0.1, 0.15) is 12.0 Å². The molecule has 0 saturated carbocycles. The summed E-state index contributed by atoms with van der Waals surface area (Å²) in [4.78, 5) is 0. The first-order valence-corrected chi connectivity index (χ1v) is 5.01. The Balaban J connectivity index is 2.00. The fourth-order valence-corrected chi connectivity index (χ4v) is 1.55. The topological polar surface area (TPSA) is 12.0 Å². The average Bonchev–Trinajstić information content (AvgIpc) is 2.23. The van der Waals surface area contributed by atoms with E-state index in [2.05, 4.69) is 60.8 Å². The second kappa shape index (κ2) is 4.14. The third kappa shape index (κ3) is 2.25. The molecule has 0 bridgehead atoms. The van der Waals surface area contributed by atoms with Crippen LogP contribution in [0.5, 0.6) is 0 Å². The van der Waals surface area contributed by atoms with Gasteiger partial charge in [0.15, 0.2) is 0 Å². The molecule has 1 aliphatic carbocycles. The summed E-state index contributed by atoms with van der Waals surface area (Å²) < 4.78 is 0. The molecule has 1 N–H and O–H groups in total. The van der Waals surface area contributed by atoms with Gasteiger partial charge in [-0.1, -0.05) is 42.0 Å². The zero-order chi connectivity index (χ0) is 9.80. The summed E-state index contributed by atoms with van der Waals surface area (Å²) in [6.45, 7) is 2.10. The summed E-state index contributed by atoms with van der Waals surface area (Å²) >= 11 is 0. The van der Waals surface area contributed by atoms with Gasteiger partial charge in [-0.3, -0.25) is 0 Å². The highest BCUT2D eigenvalue weighted by molar-refractivity contribution is 5.46. The van der Waals surface area contributed by atoms with Crippen LogP contribution in [0.2, 0.25) is 0 Å². The Morgan fingerprint density at radius 1 is 1.14 bits per heavy atom. The molecule has 0 aliphatic heterocycles. The smallest absolute Gasteiger partial charge is 0.0482 e. The van der Waals surface area contributed by atoms with E-state index < -0.39 is 0 Å². The normalized spacial score (nSPS) is 19.6. The zero-order valence-corrected chi connectivity index (χ0v) is 8.40. The molecule has 0 fully saturated rings. The Hall–Kier alpha value is -1.50. The minimum absolute atomic E-state index is 0.447. The number of hydrogen-bond acceptors (Lipinski definition) is 1. The van der Waals surface area contributed by atoms with Crippen LogP contribution in [-0.4, -0.2) is 6.04 Å². The maximum Gasteiger partial charge on any atom is 0.0482 e. The fraction of sp³-hybridized carbons (Fsp3) is 0.231. The molecule has 0 amide bonds. The first kappa shape index (κ1) is 9.07. The summed E-state index contributed by atoms with van der Waals surface area (Å²) in [5.41, 5.74) is 2.50. The number of hydrogen-bond donors (Lipinski definition) is 1. The van der Waals surface area contributed by atoms with Crippen LogP contribution < -0.4 is 5.32 Å². The Kier molecular flexibility index (Phi) is 2.68. The molecule has 14 heavy (non-hydrogen) atoms. The van der Waals surface area contributed by atoms with Crippen molar-refractivity contribution >= 4 is 5.69 Å². The summed E-state index contributed by atoms with van der Waals surface area (Å²) in [5, 5.41) is 3.47. The molecule has 0 aromatic heterocycles. The second-order valence-corrected chi connectivity index (χ2v) is 3.67. The molecule has 0 heterocycles. The molecule has 1 unspecified atom stereocenters. The minimum atomic E-state index is 0.447. The van der Waals surface area contributed by atoms with E-state index in [9.17, 15) is 0 Å². The molecule has 1 atom stereocenters. The molecule has 1 heteroatoms. The van der Waals surface area contributed by atoms with E-state index >= 15 is 0 Å². The predicted octanol–water partition coefficient (Wildman–Crippen LogP) is 3.29. The van der Waals surface area contributed by atoms with Crippen molar-refractivity contribution in [3.8, 4) is 0 Å². The maximum atomic E-state index is 3.47. The van der Waals surface area contributed by atoms with Crippen molar-refractivity contribution in [1.82, 2.24) is 0 Å². The molecule has 1 aliphatic rings. The number of anilines is 1. The van der Waals surface area contributed by atoms with Crippen molar-refractivity contribution < 1.29 is 0 Å². The molecule has 0 spiro atoms. The number of benzene rings is 1. The van der Waals surface area contributed by atoms with Gasteiger partial charge in [0.2, 0.25) is 0 Å². The highest BCUT2D eigenvalue weighted by atomic mass is 14.9. The fourth-order valence-electron chi connectivity index (χ4n) is 1.55. The lowest BCUT2D eigenvalue weighted by Crippen LogP contribution is -2.16. The highest BCUT2D eigenvalue weighted by Crippen LogP contribution is 2.13. The molecule has 0 radical (unpaired) electrons. The SMILES string of the molecule is Cc1ccc(NC2C=CC=CC2)cc1. The van der Waals surface area contributed by atoms with E-state index in [-0.39, 0.29) is 0 Å². The minimum Gasteiger partial charge on any atom is -0.379 e. The van der Waals surface area contributed by atoms with Crippen molar-refractivity contribution in [2.75, 3.05) is 5.32 Å². The Morgan fingerprint density at radius 2 is 1.93 bits per heavy atom. The summed E-state index contributed by atoms with van der Waals surface area (Å²) in [7, 11) is 0. The number of nitrogens with one attached hydrogen (secondary N) is 1. The number of aryl methyl sites for hydroxylation is 1. The van der Waals surface area contributed by atoms with Gasteiger partial charge in [-0.15, -0.1) is 0 Å². The van der Waals surface area contributed by atoms with Crippen molar-refractivity contribution in [3.05, 3.63) is 54.1 Å². The van der Waals surface area contributed by atoms with Crippen molar-refractivity contribution in [3.63, 3.8) is 0 Å². The van der Waals surface area contributed by atoms with E-state index in [0.717, 1.165) is 6.42 Å².